The van der Waals surface area contributed by atoms with Gasteiger partial charge in [-0.1, -0.05) is 6.07 Å². The van der Waals surface area contributed by atoms with E-state index in [0.29, 0.717) is 17.8 Å². The Balaban J connectivity index is 2.25. The molecule has 0 aliphatic carbocycles. The quantitative estimate of drug-likeness (QED) is 0.675. The van der Waals surface area contributed by atoms with Crippen LogP contribution in [0.5, 0.6) is 0 Å². The van der Waals surface area contributed by atoms with Gasteiger partial charge in [-0.3, -0.25) is 9.48 Å². The molecule has 25 heavy (non-hydrogen) atoms. The molecular weight excluding hydrogens is 333 g/mol. The summed E-state index contributed by atoms with van der Waals surface area (Å²) in [6, 6.07) is 5.98. The van der Waals surface area contributed by atoms with Crippen molar-refractivity contribution in [2.24, 2.45) is 0 Å². The molecule has 0 atom stereocenters. The minimum absolute atomic E-state index is 0.0399. The van der Waals surface area contributed by atoms with Crippen LogP contribution >= 0.6 is 0 Å². The van der Waals surface area contributed by atoms with E-state index in [2.05, 4.69) is 10.4 Å². The molecule has 2 rings (SSSR count). The number of rotatable bonds is 4. The fourth-order valence-electron chi connectivity index (χ4n) is 2.11. The van der Waals surface area contributed by atoms with E-state index in [0.717, 1.165) is 12.1 Å². The molecule has 0 saturated carbocycles. The summed E-state index contributed by atoms with van der Waals surface area (Å²) in [4.78, 5) is 12.2. The van der Waals surface area contributed by atoms with Gasteiger partial charge < -0.3 is 5.32 Å². The zero-order valence-corrected chi connectivity index (χ0v) is 13.6. The van der Waals surface area contributed by atoms with Crippen molar-refractivity contribution in [1.82, 2.24) is 9.78 Å². The fourth-order valence-corrected chi connectivity index (χ4v) is 2.11. The smallest absolute Gasteiger partial charge is 0.321 e. The van der Waals surface area contributed by atoms with E-state index in [-0.39, 0.29) is 11.3 Å². The van der Waals surface area contributed by atoms with Crippen LogP contribution in [0.15, 0.2) is 36.0 Å². The molecule has 0 bridgehead atoms. The summed E-state index contributed by atoms with van der Waals surface area (Å²) in [5.74, 6) is -0.787. The van der Waals surface area contributed by atoms with Gasteiger partial charge in [0, 0.05) is 24.0 Å². The highest BCUT2D eigenvalue weighted by atomic mass is 19.4. The van der Waals surface area contributed by atoms with Crippen molar-refractivity contribution in [2.75, 3.05) is 5.32 Å². The largest absolute Gasteiger partial charge is 0.416 e. The monoisotopic (exact) mass is 348 g/mol. The number of halogens is 3. The molecule has 1 amide bonds. The number of nitrogens with zero attached hydrogens (tertiary/aromatic N) is 3. The first-order valence-electron chi connectivity index (χ1n) is 7.39. The number of carbonyl (C=O) groups excluding carboxylic acids is 1. The number of carbonyl (C=O) groups is 1. The molecule has 1 aromatic carbocycles. The SMILES string of the molecule is CCn1cc(/C=C(\C#N)C(=O)Nc2cccc(C(F)(F)F)c2)c(C)n1. The standard InChI is InChI=1S/C17H15F3N4O/c1-3-24-10-13(11(2)23-24)7-12(9-21)16(25)22-15-6-4-5-14(8-15)17(18,19)20/h4-8,10H,3H2,1-2H3,(H,22,25)/b12-7+. The summed E-state index contributed by atoms with van der Waals surface area (Å²) in [7, 11) is 0. The fraction of sp³-hybridized carbons (Fsp3) is 0.235. The lowest BCUT2D eigenvalue weighted by atomic mass is 10.1. The maximum Gasteiger partial charge on any atom is 0.416 e. The lowest BCUT2D eigenvalue weighted by molar-refractivity contribution is -0.137. The van der Waals surface area contributed by atoms with Gasteiger partial charge in [-0.25, -0.2) is 0 Å². The van der Waals surface area contributed by atoms with E-state index in [4.69, 9.17) is 0 Å². The van der Waals surface area contributed by atoms with Crippen LogP contribution in [0, 0.1) is 18.3 Å². The molecule has 0 aliphatic rings. The molecule has 0 fully saturated rings. The lowest BCUT2D eigenvalue weighted by Gasteiger charge is -2.09. The normalized spacial score (nSPS) is 11.9. The second-order valence-electron chi connectivity index (χ2n) is 5.23. The zero-order valence-electron chi connectivity index (χ0n) is 13.6. The van der Waals surface area contributed by atoms with Crippen molar-refractivity contribution in [1.29, 1.82) is 5.26 Å². The Morgan fingerprint density at radius 1 is 1.44 bits per heavy atom. The maximum atomic E-state index is 12.7. The number of amides is 1. The molecule has 0 saturated heterocycles. The van der Waals surface area contributed by atoms with Gasteiger partial charge in [-0.15, -0.1) is 0 Å². The molecule has 0 spiro atoms. The number of aromatic nitrogens is 2. The highest BCUT2D eigenvalue weighted by Crippen LogP contribution is 2.30. The van der Waals surface area contributed by atoms with Crippen LogP contribution in [0.1, 0.15) is 23.7 Å². The van der Waals surface area contributed by atoms with Gasteiger partial charge in [0.25, 0.3) is 5.91 Å². The van der Waals surface area contributed by atoms with Crippen LogP contribution in [0.3, 0.4) is 0 Å². The summed E-state index contributed by atoms with van der Waals surface area (Å²) < 4.78 is 39.8. The van der Waals surface area contributed by atoms with Gasteiger partial charge in [0.05, 0.1) is 11.3 Å². The predicted molar refractivity (Wildman–Crippen MR) is 86.3 cm³/mol. The van der Waals surface area contributed by atoms with Crippen molar-refractivity contribution in [3.8, 4) is 6.07 Å². The molecular formula is C17H15F3N4O. The maximum absolute atomic E-state index is 12.7. The van der Waals surface area contributed by atoms with Gasteiger partial charge in [0.15, 0.2) is 0 Å². The number of hydrogen-bond acceptors (Lipinski definition) is 3. The molecule has 1 aromatic heterocycles. The Labute approximate surface area is 142 Å². The number of nitriles is 1. The van der Waals surface area contributed by atoms with Crippen LogP contribution < -0.4 is 5.32 Å². The van der Waals surface area contributed by atoms with Gasteiger partial charge in [-0.05, 0) is 38.1 Å². The van der Waals surface area contributed by atoms with Crippen LogP contribution in [0.4, 0.5) is 18.9 Å². The highest BCUT2D eigenvalue weighted by molar-refractivity contribution is 6.09. The highest BCUT2D eigenvalue weighted by Gasteiger charge is 2.30. The number of benzene rings is 1. The third-order valence-electron chi connectivity index (χ3n) is 3.42. The van der Waals surface area contributed by atoms with Gasteiger partial charge in [-0.2, -0.15) is 23.5 Å². The Bertz CT molecular complexity index is 860. The number of aryl methyl sites for hydroxylation is 2. The van der Waals surface area contributed by atoms with Crippen LogP contribution in [0.25, 0.3) is 6.08 Å². The van der Waals surface area contributed by atoms with E-state index >= 15 is 0 Å². The number of anilines is 1. The van der Waals surface area contributed by atoms with Crippen LogP contribution in [-0.4, -0.2) is 15.7 Å². The average molecular weight is 348 g/mol. The van der Waals surface area contributed by atoms with Crippen LogP contribution in [0.2, 0.25) is 0 Å². The molecule has 0 radical (unpaired) electrons. The lowest BCUT2D eigenvalue weighted by Crippen LogP contribution is -2.14. The predicted octanol–water partition coefficient (Wildman–Crippen LogP) is 3.78. The topological polar surface area (TPSA) is 70.7 Å². The van der Waals surface area contributed by atoms with E-state index in [1.807, 2.05) is 6.92 Å². The first-order chi connectivity index (χ1) is 11.7. The Kier molecular flexibility index (Phi) is 5.27. The molecule has 0 aliphatic heterocycles. The molecule has 130 valence electrons. The molecule has 1 N–H and O–H groups in total. The Morgan fingerprint density at radius 2 is 2.16 bits per heavy atom. The van der Waals surface area contributed by atoms with Crippen molar-refractivity contribution < 1.29 is 18.0 Å². The summed E-state index contributed by atoms with van der Waals surface area (Å²) in [5.41, 5.74) is 0.0880. The Hall–Kier alpha value is -3.08. The third kappa shape index (κ3) is 4.47. The van der Waals surface area contributed by atoms with Crippen molar-refractivity contribution in [3.63, 3.8) is 0 Å². The molecule has 1 heterocycles. The molecule has 8 heteroatoms. The second-order valence-corrected chi connectivity index (χ2v) is 5.23. The minimum atomic E-state index is -4.51. The van der Waals surface area contributed by atoms with Gasteiger partial charge in [0.1, 0.15) is 11.6 Å². The average Bonchev–Trinajstić information content (AvgIpc) is 2.92. The molecule has 0 unspecified atom stereocenters. The Morgan fingerprint density at radius 3 is 2.72 bits per heavy atom. The van der Waals surface area contributed by atoms with E-state index < -0.39 is 17.6 Å². The first-order valence-corrected chi connectivity index (χ1v) is 7.39. The van der Waals surface area contributed by atoms with E-state index in [1.165, 1.54) is 18.2 Å². The van der Waals surface area contributed by atoms with E-state index in [1.54, 1.807) is 23.9 Å². The van der Waals surface area contributed by atoms with E-state index in [9.17, 15) is 23.2 Å². The molecule has 2 aromatic rings. The number of nitrogens with one attached hydrogen (secondary N) is 1. The van der Waals surface area contributed by atoms with Crippen molar-refractivity contribution in [3.05, 3.63) is 52.9 Å². The van der Waals surface area contributed by atoms with Gasteiger partial charge >= 0.3 is 6.18 Å². The van der Waals surface area contributed by atoms with Gasteiger partial charge in [0.2, 0.25) is 0 Å². The summed E-state index contributed by atoms with van der Waals surface area (Å²) in [5, 5.41) is 15.7. The number of alkyl halides is 3. The second kappa shape index (κ2) is 7.21. The first kappa shape index (κ1) is 18.3. The van der Waals surface area contributed by atoms with Crippen molar-refractivity contribution in [2.45, 2.75) is 26.6 Å². The number of hydrogen-bond donors (Lipinski definition) is 1. The summed E-state index contributed by atoms with van der Waals surface area (Å²) in [6.07, 6.45) is -1.47. The zero-order chi connectivity index (χ0) is 18.6. The minimum Gasteiger partial charge on any atom is -0.321 e. The third-order valence-corrected chi connectivity index (χ3v) is 3.42. The summed E-state index contributed by atoms with van der Waals surface area (Å²) >= 11 is 0. The molecule has 5 nitrogen and oxygen atoms in total. The van der Waals surface area contributed by atoms with Crippen LogP contribution in [-0.2, 0) is 17.5 Å². The summed E-state index contributed by atoms with van der Waals surface area (Å²) in [6.45, 7) is 4.26. The van der Waals surface area contributed by atoms with Crippen molar-refractivity contribution >= 4 is 17.7 Å².